The van der Waals surface area contributed by atoms with Crippen LogP contribution in [0.2, 0.25) is 0 Å². The lowest BCUT2D eigenvalue weighted by molar-refractivity contribution is -0.137. The van der Waals surface area contributed by atoms with E-state index in [1.807, 2.05) is 6.07 Å². The number of hydrogen-bond donors (Lipinski definition) is 0. The van der Waals surface area contributed by atoms with E-state index in [-0.39, 0.29) is 33.8 Å². The van der Waals surface area contributed by atoms with E-state index >= 15 is 13.2 Å². The smallest absolute Gasteiger partial charge is 0.311 e. The zero-order chi connectivity index (χ0) is 47.5. The maximum absolute atomic E-state index is 16.0. The van der Waals surface area contributed by atoms with Gasteiger partial charge in [0.15, 0.2) is 0 Å². The molecule has 7 heteroatoms. The van der Waals surface area contributed by atoms with Crippen molar-refractivity contribution < 1.29 is 13.2 Å². The molecule has 2 aliphatic heterocycles. The number of benzene rings is 6. The van der Waals surface area contributed by atoms with E-state index in [1.165, 1.54) is 44.7 Å². The first-order valence-corrected chi connectivity index (χ1v) is 25.1. The third kappa shape index (κ3) is 6.71. The van der Waals surface area contributed by atoms with Crippen LogP contribution in [-0.4, -0.2) is 6.71 Å². The number of thiophene rings is 1. The van der Waals surface area contributed by atoms with Gasteiger partial charge in [0.25, 0.3) is 6.71 Å². The quantitative estimate of drug-likeness (QED) is 0.163. The zero-order valence-corrected chi connectivity index (χ0v) is 42.1. The van der Waals surface area contributed by atoms with Gasteiger partial charge in [0, 0.05) is 43.2 Å². The maximum Gasteiger partial charge on any atom is 0.416 e. The van der Waals surface area contributed by atoms with Crippen molar-refractivity contribution in [3.8, 4) is 11.1 Å². The molecule has 0 saturated carbocycles. The summed E-state index contributed by atoms with van der Waals surface area (Å²) in [5, 5.41) is 1.06. The van der Waals surface area contributed by atoms with Gasteiger partial charge in [-0.2, -0.15) is 13.2 Å². The first-order valence-electron chi connectivity index (χ1n) is 24.3. The minimum absolute atomic E-state index is 0.0830. The average molecular weight is 911 g/mol. The van der Waals surface area contributed by atoms with Crippen LogP contribution in [0.25, 0.3) is 21.2 Å². The monoisotopic (exact) mass is 910 g/mol. The fourth-order valence-electron chi connectivity index (χ4n) is 12.2. The predicted molar refractivity (Wildman–Crippen MR) is 280 cm³/mol. The van der Waals surface area contributed by atoms with Crippen molar-refractivity contribution in [2.45, 2.75) is 142 Å². The Hall–Kier alpha value is -5.27. The van der Waals surface area contributed by atoms with E-state index in [9.17, 15) is 0 Å². The van der Waals surface area contributed by atoms with Crippen molar-refractivity contribution in [2.75, 3.05) is 9.80 Å². The highest BCUT2D eigenvalue weighted by Gasteiger charge is 2.50. The van der Waals surface area contributed by atoms with Gasteiger partial charge in [0.2, 0.25) is 0 Å². The lowest BCUT2D eigenvalue weighted by atomic mass is 9.35. The third-order valence-corrected chi connectivity index (χ3v) is 17.7. The molecule has 0 radical (unpaired) electrons. The molecule has 0 bridgehead atoms. The Bertz CT molecular complexity index is 3200. The van der Waals surface area contributed by atoms with Crippen molar-refractivity contribution in [3.05, 3.63) is 148 Å². The lowest BCUT2D eigenvalue weighted by Crippen LogP contribution is -2.61. The number of rotatable bonds is 3. The molecule has 2 nitrogen and oxygen atoms in total. The summed E-state index contributed by atoms with van der Waals surface area (Å²) in [5.74, 6) is 0. The topological polar surface area (TPSA) is 6.48 Å². The second kappa shape index (κ2) is 14.4. The molecule has 0 spiro atoms. The molecule has 6 aromatic carbocycles. The summed E-state index contributed by atoms with van der Waals surface area (Å²) < 4.78 is 50.4. The van der Waals surface area contributed by atoms with Crippen LogP contribution in [0.3, 0.4) is 0 Å². The normalized spacial score (nSPS) is 18.5. The molecule has 7 aromatic rings. The summed E-state index contributed by atoms with van der Waals surface area (Å²) in [6.07, 6.45) is -0.476. The molecule has 11 rings (SSSR count). The standard InChI is InChI=1S/C60H62BF3N2S/c1-35-28-37(55(2,3)4)22-23-46(35)66-50-30-38(60(62,63)64)29-49-52(50)61(54-53(66)39-20-16-17-21-51(39)67-54)45-32-42-44(59(11,12)27-25-57(42,7)8)34-48(45)65(49)47-33-43-41(56(5,6)24-26-58(43,9)10)31-40(47)36-18-14-13-15-19-36/h13-23,28-34H,24-27H2,1-12H3. The number of nitrogens with zero attached hydrogens (tertiary/aromatic N) is 2. The molecule has 2 aliphatic carbocycles. The Balaban J connectivity index is 1.33. The summed E-state index contributed by atoms with van der Waals surface area (Å²) >= 11 is 1.79. The van der Waals surface area contributed by atoms with Gasteiger partial charge in [-0.1, -0.05) is 143 Å². The minimum Gasteiger partial charge on any atom is -0.311 e. The van der Waals surface area contributed by atoms with Crippen molar-refractivity contribution >= 4 is 78.0 Å². The zero-order valence-electron chi connectivity index (χ0n) is 41.2. The second-order valence-electron chi connectivity index (χ2n) is 23.9. The Morgan fingerprint density at radius 1 is 0.537 bits per heavy atom. The van der Waals surface area contributed by atoms with E-state index in [0.29, 0.717) is 11.4 Å². The number of fused-ring (bicyclic) bond motifs is 8. The van der Waals surface area contributed by atoms with Crippen LogP contribution in [0, 0.1) is 6.92 Å². The first-order chi connectivity index (χ1) is 31.4. The molecule has 0 atom stereocenters. The van der Waals surface area contributed by atoms with Gasteiger partial charge in [-0.25, -0.2) is 0 Å². The maximum atomic E-state index is 16.0. The molecular formula is C60H62BF3N2S. The van der Waals surface area contributed by atoms with E-state index in [0.717, 1.165) is 86.1 Å². The SMILES string of the molecule is Cc1cc(C(C)(C)C)ccc1N1c2cc(C(F)(F)F)cc3c2B(c2cc4c(cc2N3c2cc3c(cc2-c2ccccc2)C(C)(C)CCC3(C)C)C(C)(C)CCC4(C)C)c2sc3ccccc3c21. The molecule has 4 aliphatic rings. The van der Waals surface area contributed by atoms with Gasteiger partial charge in [-0.05, 0) is 152 Å². The first kappa shape index (κ1) is 44.3. The van der Waals surface area contributed by atoms with Crippen molar-refractivity contribution in [3.63, 3.8) is 0 Å². The van der Waals surface area contributed by atoms with Gasteiger partial charge < -0.3 is 9.80 Å². The molecule has 0 fully saturated rings. The van der Waals surface area contributed by atoms with Crippen molar-refractivity contribution in [1.29, 1.82) is 0 Å². The number of halogens is 3. The Morgan fingerprint density at radius 2 is 1.07 bits per heavy atom. The fraction of sp³-hybridized carbons (Fsp3) is 0.367. The molecule has 67 heavy (non-hydrogen) atoms. The average Bonchev–Trinajstić information content (AvgIpc) is 3.65. The molecule has 342 valence electrons. The van der Waals surface area contributed by atoms with Crippen LogP contribution in [-0.2, 0) is 33.3 Å². The molecule has 0 saturated heterocycles. The summed E-state index contributed by atoms with van der Waals surface area (Å²) in [6.45, 7) is 27.3. The third-order valence-electron chi connectivity index (χ3n) is 16.5. The summed E-state index contributed by atoms with van der Waals surface area (Å²) in [6, 6.07) is 38.2. The lowest BCUT2D eigenvalue weighted by Gasteiger charge is -2.48. The van der Waals surface area contributed by atoms with Crippen molar-refractivity contribution in [1.82, 2.24) is 0 Å². The van der Waals surface area contributed by atoms with Crippen LogP contribution in [0.4, 0.5) is 47.3 Å². The van der Waals surface area contributed by atoms with Gasteiger partial charge in [0.05, 0.1) is 16.9 Å². The summed E-state index contributed by atoms with van der Waals surface area (Å²) in [7, 11) is 0. The molecule has 1 aromatic heterocycles. The predicted octanol–water partition coefficient (Wildman–Crippen LogP) is 16.0. The Morgan fingerprint density at radius 3 is 1.66 bits per heavy atom. The number of aryl methyl sites for hydroxylation is 1. The van der Waals surface area contributed by atoms with Gasteiger partial charge in [-0.3, -0.25) is 0 Å². The van der Waals surface area contributed by atoms with Crippen molar-refractivity contribution in [2.24, 2.45) is 0 Å². The molecule has 0 unspecified atom stereocenters. The highest BCUT2D eigenvalue weighted by atomic mass is 32.1. The summed E-state index contributed by atoms with van der Waals surface area (Å²) in [4.78, 5) is 4.48. The highest BCUT2D eigenvalue weighted by molar-refractivity contribution is 7.33. The largest absolute Gasteiger partial charge is 0.416 e. The van der Waals surface area contributed by atoms with Crippen LogP contribution < -0.4 is 25.5 Å². The summed E-state index contributed by atoms with van der Waals surface area (Å²) in [5.41, 5.74) is 15.3. The van der Waals surface area contributed by atoms with E-state index in [2.05, 4.69) is 184 Å². The Kier molecular flexibility index (Phi) is 9.50. The molecule has 3 heterocycles. The molecule has 0 amide bonds. The minimum atomic E-state index is -4.62. The number of hydrogen-bond acceptors (Lipinski definition) is 3. The molecule has 0 N–H and O–H groups in total. The van der Waals surface area contributed by atoms with Crippen LogP contribution >= 0.6 is 11.3 Å². The number of anilines is 6. The van der Waals surface area contributed by atoms with E-state index in [1.54, 1.807) is 11.3 Å². The van der Waals surface area contributed by atoms with E-state index < -0.39 is 11.7 Å². The van der Waals surface area contributed by atoms with Gasteiger partial charge in [-0.15, -0.1) is 11.3 Å². The van der Waals surface area contributed by atoms with Crippen LogP contribution in [0.1, 0.15) is 141 Å². The van der Waals surface area contributed by atoms with Gasteiger partial charge >= 0.3 is 6.18 Å². The molecular weight excluding hydrogens is 849 g/mol. The van der Waals surface area contributed by atoms with E-state index in [4.69, 9.17) is 0 Å². The van der Waals surface area contributed by atoms with Crippen LogP contribution in [0.15, 0.2) is 109 Å². The van der Waals surface area contributed by atoms with Gasteiger partial charge in [0.1, 0.15) is 0 Å². The fourth-order valence-corrected chi connectivity index (χ4v) is 13.5. The Labute approximate surface area is 400 Å². The number of alkyl halides is 3. The second-order valence-corrected chi connectivity index (χ2v) is 24.9. The van der Waals surface area contributed by atoms with Crippen LogP contribution in [0.5, 0.6) is 0 Å². The highest BCUT2D eigenvalue weighted by Crippen LogP contribution is 2.56.